The van der Waals surface area contributed by atoms with Crippen LogP contribution < -0.4 is 0 Å². The van der Waals surface area contributed by atoms with Crippen molar-refractivity contribution in [1.29, 1.82) is 0 Å². The lowest BCUT2D eigenvalue weighted by Crippen LogP contribution is -2.36. The number of hydrogen-bond donors (Lipinski definition) is 0. The molecule has 0 aromatic heterocycles. The third-order valence-corrected chi connectivity index (χ3v) is 1.12. The molecule has 0 aliphatic rings. The van der Waals surface area contributed by atoms with Gasteiger partial charge < -0.3 is 9.61 Å². The molecule has 0 bridgehead atoms. The molecular formula is C8H18BO8-. The molecule has 9 heteroatoms. The van der Waals surface area contributed by atoms with Crippen molar-refractivity contribution in [3.8, 4) is 0 Å². The van der Waals surface area contributed by atoms with Gasteiger partial charge in [0.15, 0.2) is 0 Å². The molecule has 0 aromatic carbocycles. The molecule has 0 spiro atoms. The van der Waals surface area contributed by atoms with Gasteiger partial charge in [0.05, 0.1) is 27.5 Å². The van der Waals surface area contributed by atoms with Gasteiger partial charge in [-0.15, -0.1) is 0 Å². The quantitative estimate of drug-likeness (QED) is 0.168. The first-order valence-electron chi connectivity index (χ1n) is 5.24. The Morgan fingerprint density at radius 2 is 1.29 bits per heavy atom. The lowest BCUT2D eigenvalue weighted by atomic mass is 10.4. The van der Waals surface area contributed by atoms with E-state index in [9.17, 15) is 0 Å². The monoisotopic (exact) mass is 253 g/mol. The van der Waals surface area contributed by atoms with E-state index < -0.39 is 5.97 Å². The van der Waals surface area contributed by atoms with Crippen LogP contribution in [-0.2, 0) is 38.9 Å². The van der Waals surface area contributed by atoms with Gasteiger partial charge in [0.2, 0.25) is 0 Å². The van der Waals surface area contributed by atoms with Crippen molar-refractivity contribution in [2.45, 2.75) is 33.7 Å². The van der Waals surface area contributed by atoms with E-state index in [0.717, 1.165) is 7.69 Å². The fourth-order valence-electron chi connectivity index (χ4n) is 0.592. The summed E-state index contributed by atoms with van der Waals surface area (Å²) in [4.78, 5) is 37.1. The summed E-state index contributed by atoms with van der Waals surface area (Å²) in [7, 11) is 0.812. The molecule has 0 rings (SSSR count). The zero-order chi connectivity index (χ0) is 13.0. The zero-order valence-corrected chi connectivity index (χ0v) is 10.5. The van der Waals surface area contributed by atoms with E-state index in [1.807, 2.05) is 0 Å². The topological polar surface area (TPSA) is 73.8 Å². The highest BCUT2D eigenvalue weighted by Gasteiger charge is 2.31. The minimum Gasteiger partial charge on any atom is -0.492 e. The fourth-order valence-corrected chi connectivity index (χ4v) is 0.592. The summed E-state index contributed by atoms with van der Waals surface area (Å²) in [5, 5.41) is 0. The van der Waals surface area contributed by atoms with E-state index in [1.165, 1.54) is 6.92 Å². The van der Waals surface area contributed by atoms with Gasteiger partial charge in [-0.25, -0.2) is 14.7 Å². The van der Waals surface area contributed by atoms with Crippen molar-refractivity contribution in [2.75, 3.05) is 19.8 Å². The Bertz CT molecular complexity index is 162. The molecule has 17 heavy (non-hydrogen) atoms. The standard InChI is InChI=1S/C8H18BO8/c1-5-10-13-8(4,14-11-6-2)15-17-9-16-12-7-3/h5-7H2,1-4H3/q-1. The van der Waals surface area contributed by atoms with Crippen LogP contribution in [0.4, 0.5) is 0 Å². The maximum atomic E-state index is 4.78. The second-order valence-corrected chi connectivity index (χ2v) is 2.62. The molecule has 8 nitrogen and oxygen atoms in total. The van der Waals surface area contributed by atoms with Gasteiger partial charge in [0.25, 0.3) is 0 Å². The van der Waals surface area contributed by atoms with Gasteiger partial charge in [-0.2, -0.15) is 9.78 Å². The van der Waals surface area contributed by atoms with Crippen LogP contribution >= 0.6 is 0 Å². The molecule has 0 amide bonds. The van der Waals surface area contributed by atoms with Crippen LogP contribution in [0, 0.1) is 0 Å². The van der Waals surface area contributed by atoms with Crippen LogP contribution in [0.3, 0.4) is 0 Å². The minimum atomic E-state index is -1.68. The van der Waals surface area contributed by atoms with Crippen molar-refractivity contribution >= 4 is 7.69 Å². The largest absolute Gasteiger partial charge is 0.492 e. The molecule has 0 atom stereocenters. The summed E-state index contributed by atoms with van der Waals surface area (Å²) < 4.78 is 0. The molecule has 0 fully saturated rings. The van der Waals surface area contributed by atoms with E-state index >= 15 is 0 Å². The highest BCUT2D eigenvalue weighted by molar-refractivity contribution is 6.17. The maximum absolute atomic E-state index is 4.78. The first kappa shape index (κ1) is 16.7. The molecule has 0 aromatic rings. The van der Waals surface area contributed by atoms with Crippen LogP contribution in [0.1, 0.15) is 27.7 Å². The van der Waals surface area contributed by atoms with E-state index in [1.54, 1.807) is 20.8 Å². The normalized spacial score (nSPS) is 12.0. The lowest BCUT2D eigenvalue weighted by Gasteiger charge is -2.28. The Balaban J connectivity index is 3.82. The van der Waals surface area contributed by atoms with E-state index in [-0.39, 0.29) is 0 Å². The first-order chi connectivity index (χ1) is 8.18. The second-order valence-electron chi connectivity index (χ2n) is 2.62. The van der Waals surface area contributed by atoms with Crippen LogP contribution in [0.25, 0.3) is 0 Å². The Hall–Kier alpha value is -0.255. The Labute approximate surface area is 101 Å². The van der Waals surface area contributed by atoms with Crippen molar-refractivity contribution in [3.05, 3.63) is 0 Å². The predicted molar refractivity (Wildman–Crippen MR) is 54.5 cm³/mol. The van der Waals surface area contributed by atoms with Gasteiger partial charge >= 0.3 is 5.97 Å². The molecule has 0 N–H and O–H groups in total. The van der Waals surface area contributed by atoms with Crippen molar-refractivity contribution < 1.29 is 38.9 Å². The first-order valence-corrected chi connectivity index (χ1v) is 5.24. The Morgan fingerprint density at radius 1 is 0.765 bits per heavy atom. The average molecular weight is 253 g/mol. The van der Waals surface area contributed by atoms with E-state index in [2.05, 4.69) is 24.3 Å². The zero-order valence-electron chi connectivity index (χ0n) is 10.5. The molecule has 0 unspecified atom stereocenters. The van der Waals surface area contributed by atoms with Crippen molar-refractivity contribution in [3.63, 3.8) is 0 Å². The molecule has 0 aliphatic heterocycles. The fraction of sp³-hybridized carbons (Fsp3) is 1.00. The molecule has 0 aliphatic carbocycles. The summed E-state index contributed by atoms with van der Waals surface area (Å²) in [6.45, 7) is 7.55. The van der Waals surface area contributed by atoms with Gasteiger partial charge in [0.1, 0.15) is 0 Å². The predicted octanol–water partition coefficient (Wildman–Crippen LogP) is 1.05. The lowest BCUT2D eigenvalue weighted by molar-refractivity contribution is -0.613. The van der Waals surface area contributed by atoms with Gasteiger partial charge in [0, 0.05) is 6.92 Å². The summed E-state index contributed by atoms with van der Waals surface area (Å²) >= 11 is 0. The van der Waals surface area contributed by atoms with Crippen LogP contribution in [0.5, 0.6) is 0 Å². The third kappa shape index (κ3) is 9.45. The molecule has 2 radical (unpaired) electrons. The van der Waals surface area contributed by atoms with Crippen LogP contribution in [0.15, 0.2) is 0 Å². The summed E-state index contributed by atoms with van der Waals surface area (Å²) in [5.74, 6) is -1.68. The van der Waals surface area contributed by atoms with Crippen molar-refractivity contribution in [1.82, 2.24) is 0 Å². The highest BCUT2D eigenvalue weighted by Crippen LogP contribution is 2.15. The third-order valence-electron chi connectivity index (χ3n) is 1.12. The Kier molecular flexibility index (Phi) is 10.7. The van der Waals surface area contributed by atoms with Crippen LogP contribution in [-0.4, -0.2) is 33.5 Å². The van der Waals surface area contributed by atoms with Crippen LogP contribution in [0.2, 0.25) is 0 Å². The molecular weight excluding hydrogens is 235 g/mol. The number of hydrogen-bond acceptors (Lipinski definition) is 8. The Morgan fingerprint density at radius 3 is 1.76 bits per heavy atom. The number of rotatable bonds is 12. The maximum Gasteiger partial charge on any atom is 0.357 e. The molecule has 102 valence electrons. The van der Waals surface area contributed by atoms with E-state index in [0.29, 0.717) is 19.8 Å². The van der Waals surface area contributed by atoms with E-state index in [4.69, 9.17) is 14.7 Å². The summed E-state index contributed by atoms with van der Waals surface area (Å²) in [5.41, 5.74) is 0. The summed E-state index contributed by atoms with van der Waals surface area (Å²) in [6.07, 6.45) is 0. The van der Waals surface area contributed by atoms with Crippen molar-refractivity contribution in [2.24, 2.45) is 0 Å². The highest BCUT2D eigenvalue weighted by atomic mass is 17.4. The smallest absolute Gasteiger partial charge is 0.357 e. The van der Waals surface area contributed by atoms with Gasteiger partial charge in [-0.05, 0) is 20.8 Å². The summed E-state index contributed by atoms with van der Waals surface area (Å²) in [6, 6.07) is 0. The SMILES string of the molecule is CCOO[B-]OOC(C)(OOCC)OOCC. The van der Waals surface area contributed by atoms with Gasteiger partial charge in [-0.3, -0.25) is 4.89 Å². The average Bonchev–Trinajstić information content (AvgIpc) is 2.34. The molecule has 0 saturated heterocycles. The molecule has 0 saturated carbocycles. The van der Waals surface area contributed by atoms with Gasteiger partial charge in [-0.1, -0.05) is 0 Å². The molecule has 0 heterocycles. The minimum absolute atomic E-state index is 0.299. The second kappa shape index (κ2) is 10.9.